The molecule has 0 fully saturated rings. The fraction of sp³-hybridized carbons (Fsp3) is 0.667. The highest BCUT2D eigenvalue weighted by molar-refractivity contribution is 5.76. The number of H-pyrrole nitrogens is 1. The molecule has 0 radical (unpaired) electrons. The first-order valence-electron chi connectivity index (χ1n) is 6.15. The van der Waals surface area contributed by atoms with E-state index in [1.807, 2.05) is 6.92 Å². The average Bonchev–Trinajstić information content (AvgIpc) is 2.75. The summed E-state index contributed by atoms with van der Waals surface area (Å²) >= 11 is 0. The van der Waals surface area contributed by atoms with Gasteiger partial charge in [0, 0.05) is 13.0 Å². The third kappa shape index (κ3) is 2.85. The molecule has 5 heteroatoms. The number of carbonyl (C=O) groups excluding carboxylic acids is 1. The van der Waals surface area contributed by atoms with Crippen LogP contribution >= 0.6 is 0 Å². The predicted octanol–water partition coefficient (Wildman–Crippen LogP) is 1.16. The Morgan fingerprint density at radius 3 is 3.29 bits per heavy atom. The van der Waals surface area contributed by atoms with Gasteiger partial charge < -0.3 is 9.72 Å². The van der Waals surface area contributed by atoms with E-state index in [4.69, 9.17) is 4.74 Å². The summed E-state index contributed by atoms with van der Waals surface area (Å²) in [6.07, 6.45) is 4.20. The highest BCUT2D eigenvalue weighted by Gasteiger charge is 2.27. The first kappa shape index (κ1) is 12.1. The predicted molar refractivity (Wildman–Crippen MR) is 63.4 cm³/mol. The van der Waals surface area contributed by atoms with Gasteiger partial charge in [0.2, 0.25) is 0 Å². The minimum absolute atomic E-state index is 0.00474. The average molecular weight is 237 g/mol. The minimum atomic E-state index is -0.259. The topological polar surface area (TPSA) is 67.0 Å². The Balaban J connectivity index is 1.90. The lowest BCUT2D eigenvalue weighted by atomic mass is 10.1. The second-order valence-corrected chi connectivity index (χ2v) is 4.50. The molecule has 2 unspecified atom stereocenters. The summed E-state index contributed by atoms with van der Waals surface area (Å²) in [5.41, 5.74) is 2.03. The van der Waals surface area contributed by atoms with Gasteiger partial charge in [0.25, 0.3) is 0 Å². The highest BCUT2D eigenvalue weighted by Crippen LogP contribution is 2.14. The second kappa shape index (κ2) is 5.31. The van der Waals surface area contributed by atoms with Gasteiger partial charge in [-0.15, -0.1) is 0 Å². The normalized spacial score (nSPS) is 20.7. The maximum absolute atomic E-state index is 11.9. The van der Waals surface area contributed by atoms with Gasteiger partial charge in [0.05, 0.1) is 23.8 Å². The number of hydrogen-bond acceptors (Lipinski definition) is 4. The summed E-state index contributed by atoms with van der Waals surface area (Å²) in [4.78, 5) is 19.1. The minimum Gasteiger partial charge on any atom is -0.462 e. The molecule has 0 aliphatic carbocycles. The van der Waals surface area contributed by atoms with Crippen LogP contribution in [0.1, 0.15) is 38.1 Å². The van der Waals surface area contributed by atoms with Crippen molar-refractivity contribution in [2.45, 2.75) is 51.8 Å². The Kier molecular flexibility index (Phi) is 3.78. The molecule has 0 saturated heterocycles. The van der Waals surface area contributed by atoms with Crippen molar-refractivity contribution in [3.8, 4) is 0 Å². The molecule has 0 amide bonds. The number of aromatic nitrogens is 2. The molecule has 1 aliphatic rings. The molecule has 94 valence electrons. The number of esters is 1. The van der Waals surface area contributed by atoms with Crippen LogP contribution in [0.5, 0.6) is 0 Å². The van der Waals surface area contributed by atoms with Crippen LogP contribution in [-0.4, -0.2) is 28.1 Å². The van der Waals surface area contributed by atoms with Gasteiger partial charge >= 0.3 is 5.97 Å². The fourth-order valence-electron chi connectivity index (χ4n) is 2.08. The smallest absolute Gasteiger partial charge is 0.323 e. The Morgan fingerprint density at radius 1 is 1.71 bits per heavy atom. The molecule has 0 saturated carbocycles. The van der Waals surface area contributed by atoms with Gasteiger partial charge in [-0.3, -0.25) is 10.1 Å². The molecule has 0 bridgehead atoms. The van der Waals surface area contributed by atoms with E-state index in [1.54, 1.807) is 6.33 Å². The molecule has 0 aromatic carbocycles. The van der Waals surface area contributed by atoms with Gasteiger partial charge in [-0.1, -0.05) is 13.3 Å². The number of carbonyl (C=O) groups is 1. The van der Waals surface area contributed by atoms with Crippen LogP contribution in [-0.2, 0) is 22.5 Å². The van der Waals surface area contributed by atoms with Gasteiger partial charge in [-0.05, 0) is 13.3 Å². The molecule has 1 aliphatic heterocycles. The standard InChI is InChI=1S/C12H19N3O2/c1-3-4-8(2)17-12(16)10-5-9-11(6-13-10)15-7-14-9/h7-8,10,13H,3-6H2,1-2H3,(H,14,15). The van der Waals surface area contributed by atoms with E-state index >= 15 is 0 Å². The maximum atomic E-state index is 11.9. The molecule has 0 spiro atoms. The summed E-state index contributed by atoms with van der Waals surface area (Å²) in [7, 11) is 0. The van der Waals surface area contributed by atoms with E-state index in [-0.39, 0.29) is 18.1 Å². The maximum Gasteiger partial charge on any atom is 0.323 e. The zero-order valence-corrected chi connectivity index (χ0v) is 10.3. The number of hydrogen-bond donors (Lipinski definition) is 2. The summed E-state index contributed by atoms with van der Waals surface area (Å²) < 4.78 is 5.38. The van der Waals surface area contributed by atoms with Crippen LogP contribution in [0.4, 0.5) is 0 Å². The molecular formula is C12H19N3O2. The van der Waals surface area contributed by atoms with Gasteiger partial charge in [0.1, 0.15) is 6.04 Å². The van der Waals surface area contributed by atoms with Crippen molar-refractivity contribution in [2.24, 2.45) is 0 Å². The number of aromatic amines is 1. The molecular weight excluding hydrogens is 218 g/mol. The largest absolute Gasteiger partial charge is 0.462 e. The van der Waals surface area contributed by atoms with E-state index in [0.29, 0.717) is 13.0 Å². The zero-order valence-electron chi connectivity index (χ0n) is 10.3. The van der Waals surface area contributed by atoms with E-state index in [9.17, 15) is 4.79 Å². The monoisotopic (exact) mass is 237 g/mol. The van der Waals surface area contributed by atoms with Crippen molar-refractivity contribution in [3.63, 3.8) is 0 Å². The molecule has 2 atom stereocenters. The Hall–Kier alpha value is -1.36. The highest BCUT2D eigenvalue weighted by atomic mass is 16.5. The van der Waals surface area contributed by atoms with Crippen molar-refractivity contribution in [2.75, 3.05) is 0 Å². The third-order valence-electron chi connectivity index (χ3n) is 3.03. The SMILES string of the molecule is CCCC(C)OC(=O)C1Cc2nc[nH]c2CN1. The van der Waals surface area contributed by atoms with E-state index in [1.165, 1.54) is 0 Å². The van der Waals surface area contributed by atoms with Crippen LogP contribution < -0.4 is 5.32 Å². The third-order valence-corrected chi connectivity index (χ3v) is 3.03. The van der Waals surface area contributed by atoms with Crippen LogP contribution in [0.15, 0.2) is 6.33 Å². The molecule has 2 N–H and O–H groups in total. The molecule has 1 aromatic heterocycles. The Labute approximate surface area is 101 Å². The number of imidazole rings is 1. The van der Waals surface area contributed by atoms with Crippen LogP contribution in [0.2, 0.25) is 0 Å². The fourth-order valence-corrected chi connectivity index (χ4v) is 2.08. The lowest BCUT2D eigenvalue weighted by Gasteiger charge is -2.23. The van der Waals surface area contributed by atoms with Gasteiger partial charge in [-0.2, -0.15) is 0 Å². The lowest BCUT2D eigenvalue weighted by molar-refractivity contribution is -0.151. The number of fused-ring (bicyclic) bond motifs is 1. The number of nitrogens with one attached hydrogen (secondary N) is 2. The van der Waals surface area contributed by atoms with E-state index in [0.717, 1.165) is 24.2 Å². The zero-order chi connectivity index (χ0) is 12.3. The van der Waals surface area contributed by atoms with Gasteiger partial charge in [-0.25, -0.2) is 4.98 Å². The first-order valence-corrected chi connectivity index (χ1v) is 6.15. The summed E-state index contributed by atoms with van der Waals surface area (Å²) in [6, 6.07) is -0.259. The van der Waals surface area contributed by atoms with Crippen LogP contribution in [0, 0.1) is 0 Å². The molecule has 1 aromatic rings. The molecule has 2 rings (SSSR count). The van der Waals surface area contributed by atoms with Crippen molar-refractivity contribution in [1.82, 2.24) is 15.3 Å². The summed E-state index contributed by atoms with van der Waals surface area (Å²) in [6.45, 7) is 4.67. The van der Waals surface area contributed by atoms with Crippen molar-refractivity contribution >= 4 is 5.97 Å². The molecule has 5 nitrogen and oxygen atoms in total. The number of rotatable bonds is 4. The molecule has 2 heterocycles. The molecule has 17 heavy (non-hydrogen) atoms. The van der Waals surface area contributed by atoms with E-state index in [2.05, 4.69) is 22.2 Å². The Bertz CT molecular complexity index is 389. The van der Waals surface area contributed by atoms with Gasteiger partial charge in [0.15, 0.2) is 0 Å². The second-order valence-electron chi connectivity index (χ2n) is 4.50. The Morgan fingerprint density at radius 2 is 2.53 bits per heavy atom. The van der Waals surface area contributed by atoms with Crippen LogP contribution in [0.3, 0.4) is 0 Å². The summed E-state index contributed by atoms with van der Waals surface area (Å²) in [5.74, 6) is -0.167. The number of ether oxygens (including phenoxy) is 1. The summed E-state index contributed by atoms with van der Waals surface area (Å²) in [5, 5.41) is 3.16. The van der Waals surface area contributed by atoms with Crippen LogP contribution in [0.25, 0.3) is 0 Å². The van der Waals surface area contributed by atoms with Crippen molar-refractivity contribution in [1.29, 1.82) is 0 Å². The number of nitrogens with zero attached hydrogens (tertiary/aromatic N) is 1. The van der Waals surface area contributed by atoms with Crippen molar-refractivity contribution in [3.05, 3.63) is 17.7 Å². The van der Waals surface area contributed by atoms with E-state index < -0.39 is 0 Å². The van der Waals surface area contributed by atoms with Crippen molar-refractivity contribution < 1.29 is 9.53 Å². The quantitative estimate of drug-likeness (QED) is 0.771. The first-order chi connectivity index (χ1) is 8.20. The lowest BCUT2D eigenvalue weighted by Crippen LogP contribution is -2.43.